The van der Waals surface area contributed by atoms with Crippen LogP contribution >= 0.6 is 0 Å². The van der Waals surface area contributed by atoms with Crippen molar-refractivity contribution in [2.45, 2.75) is 32.6 Å². The minimum Gasteiger partial charge on any atom is -0.325 e. The Hall–Kier alpha value is -2.36. The summed E-state index contributed by atoms with van der Waals surface area (Å²) in [6.45, 7) is 1.96. The summed E-state index contributed by atoms with van der Waals surface area (Å²) in [6.07, 6.45) is 4.02. The average Bonchev–Trinajstić information content (AvgIpc) is 2.46. The molecule has 0 aliphatic heterocycles. The average molecular weight is 282 g/mol. The van der Waals surface area contributed by atoms with Gasteiger partial charge in [0.25, 0.3) is 11.5 Å². The molecule has 4 heteroatoms. The van der Waals surface area contributed by atoms with Crippen LogP contribution in [0.1, 0.15) is 40.0 Å². The van der Waals surface area contributed by atoms with Gasteiger partial charge < -0.3 is 10.3 Å². The van der Waals surface area contributed by atoms with E-state index in [4.69, 9.17) is 0 Å². The topological polar surface area (TPSA) is 62.0 Å². The molecule has 2 aromatic rings. The first-order chi connectivity index (χ1) is 10.1. The van der Waals surface area contributed by atoms with Crippen LogP contribution in [0.4, 0.5) is 5.69 Å². The maximum absolute atomic E-state index is 12.3. The zero-order chi connectivity index (χ0) is 14.8. The van der Waals surface area contributed by atoms with Crippen LogP contribution in [0.3, 0.4) is 0 Å². The van der Waals surface area contributed by atoms with Crippen molar-refractivity contribution in [1.29, 1.82) is 0 Å². The number of hydrogen-bond donors (Lipinski definition) is 2. The zero-order valence-electron chi connectivity index (χ0n) is 12.0. The van der Waals surface area contributed by atoms with Gasteiger partial charge >= 0.3 is 0 Å². The Morgan fingerprint density at radius 3 is 2.81 bits per heavy atom. The monoisotopic (exact) mass is 282 g/mol. The Morgan fingerprint density at radius 2 is 2.00 bits per heavy atom. The summed E-state index contributed by atoms with van der Waals surface area (Å²) in [6, 6.07) is 9.28. The van der Waals surface area contributed by atoms with Crippen molar-refractivity contribution in [3.63, 3.8) is 0 Å². The van der Waals surface area contributed by atoms with E-state index >= 15 is 0 Å². The van der Waals surface area contributed by atoms with Crippen molar-refractivity contribution < 1.29 is 4.79 Å². The van der Waals surface area contributed by atoms with Crippen LogP contribution in [0.25, 0.3) is 0 Å². The maximum atomic E-state index is 12.3. The zero-order valence-corrected chi connectivity index (χ0v) is 12.0. The number of nitrogens with one attached hydrogen (secondary N) is 2. The van der Waals surface area contributed by atoms with Crippen LogP contribution in [0.2, 0.25) is 0 Å². The number of fused-ring (bicyclic) bond motifs is 1. The lowest BCUT2D eigenvalue weighted by Crippen LogP contribution is -2.26. The van der Waals surface area contributed by atoms with Gasteiger partial charge in [-0.15, -0.1) is 0 Å². The van der Waals surface area contributed by atoms with E-state index in [1.165, 1.54) is 0 Å². The lowest BCUT2D eigenvalue weighted by molar-refractivity contribution is 0.102. The van der Waals surface area contributed by atoms with Gasteiger partial charge in [-0.1, -0.05) is 12.1 Å². The van der Waals surface area contributed by atoms with Crippen molar-refractivity contribution in [2.75, 3.05) is 5.32 Å². The molecule has 0 saturated heterocycles. The highest BCUT2D eigenvalue weighted by molar-refractivity contribution is 6.04. The fourth-order valence-corrected chi connectivity index (χ4v) is 2.76. The molecule has 0 spiro atoms. The van der Waals surface area contributed by atoms with E-state index in [1.807, 2.05) is 31.2 Å². The number of aryl methyl sites for hydroxylation is 3. The number of amides is 1. The van der Waals surface area contributed by atoms with Gasteiger partial charge in [-0.25, -0.2) is 0 Å². The highest BCUT2D eigenvalue weighted by Gasteiger charge is 2.17. The molecule has 1 aromatic heterocycles. The second-order valence-electron chi connectivity index (χ2n) is 5.55. The molecule has 0 radical (unpaired) electrons. The molecule has 4 nitrogen and oxygen atoms in total. The third-order valence-electron chi connectivity index (χ3n) is 3.86. The first-order valence-corrected chi connectivity index (χ1v) is 7.26. The molecule has 21 heavy (non-hydrogen) atoms. The van der Waals surface area contributed by atoms with Crippen LogP contribution < -0.4 is 10.9 Å². The van der Waals surface area contributed by atoms with Gasteiger partial charge in [-0.2, -0.15) is 0 Å². The van der Waals surface area contributed by atoms with Gasteiger partial charge in [0.05, 0.1) is 0 Å². The fraction of sp³-hybridized carbons (Fsp3) is 0.294. The van der Waals surface area contributed by atoms with E-state index in [9.17, 15) is 9.59 Å². The molecular formula is C17H18N2O2. The number of carbonyl (C=O) groups excluding carboxylic acids is 1. The van der Waals surface area contributed by atoms with E-state index < -0.39 is 0 Å². The number of aromatic amines is 1. The van der Waals surface area contributed by atoms with Crippen LogP contribution in [0, 0.1) is 6.92 Å². The summed E-state index contributed by atoms with van der Waals surface area (Å²) >= 11 is 0. The minimum absolute atomic E-state index is 0.192. The number of carbonyl (C=O) groups is 1. The van der Waals surface area contributed by atoms with Crippen LogP contribution in [0.5, 0.6) is 0 Å². The molecule has 1 aliphatic rings. The molecule has 1 amide bonds. The smallest absolute Gasteiger partial charge is 0.261 e. The normalized spacial score (nSPS) is 13.6. The lowest BCUT2D eigenvalue weighted by atomic mass is 9.95. The number of rotatable bonds is 2. The maximum Gasteiger partial charge on any atom is 0.261 e. The van der Waals surface area contributed by atoms with Gasteiger partial charge in [0.2, 0.25) is 0 Å². The van der Waals surface area contributed by atoms with Crippen molar-refractivity contribution >= 4 is 11.6 Å². The van der Waals surface area contributed by atoms with E-state index in [0.29, 0.717) is 5.69 Å². The number of hydrogen-bond acceptors (Lipinski definition) is 2. The first kappa shape index (κ1) is 13.6. The Balaban J connectivity index is 1.89. The largest absolute Gasteiger partial charge is 0.325 e. The van der Waals surface area contributed by atoms with Crippen molar-refractivity contribution in [3.8, 4) is 0 Å². The molecule has 0 atom stereocenters. The standard InChI is InChI=1S/C17H18N2O2/c1-11-5-4-7-13(9-11)18-16(20)14-10-12-6-2-3-8-15(12)19-17(14)21/h4-5,7,9-10H,2-3,6,8H2,1H3,(H,18,20)(H,19,21). The molecule has 3 rings (SSSR count). The number of aromatic nitrogens is 1. The van der Waals surface area contributed by atoms with E-state index in [0.717, 1.165) is 42.5 Å². The van der Waals surface area contributed by atoms with Crippen molar-refractivity contribution in [3.05, 3.63) is 63.1 Å². The number of benzene rings is 1. The van der Waals surface area contributed by atoms with Crippen molar-refractivity contribution in [2.24, 2.45) is 0 Å². The van der Waals surface area contributed by atoms with E-state index in [2.05, 4.69) is 10.3 Å². The molecule has 2 N–H and O–H groups in total. The number of anilines is 1. The van der Waals surface area contributed by atoms with Gasteiger partial charge in [0, 0.05) is 11.4 Å². The highest BCUT2D eigenvalue weighted by atomic mass is 16.2. The minimum atomic E-state index is -0.352. The van der Waals surface area contributed by atoms with Crippen LogP contribution in [0.15, 0.2) is 35.1 Å². The lowest BCUT2D eigenvalue weighted by Gasteiger charge is -2.16. The number of H-pyrrole nitrogens is 1. The van der Waals surface area contributed by atoms with Crippen molar-refractivity contribution in [1.82, 2.24) is 4.98 Å². The molecular weight excluding hydrogens is 264 g/mol. The predicted molar refractivity (Wildman–Crippen MR) is 82.8 cm³/mol. The molecule has 1 aliphatic carbocycles. The molecule has 0 fully saturated rings. The second-order valence-corrected chi connectivity index (χ2v) is 5.55. The summed E-state index contributed by atoms with van der Waals surface area (Å²) in [7, 11) is 0. The molecule has 0 bridgehead atoms. The second kappa shape index (κ2) is 5.56. The van der Waals surface area contributed by atoms with E-state index in [1.54, 1.807) is 6.07 Å². The van der Waals surface area contributed by atoms with Gasteiger partial charge in [-0.05, 0) is 61.9 Å². The number of pyridine rings is 1. The Bertz CT molecular complexity index is 747. The summed E-state index contributed by atoms with van der Waals surface area (Å²) in [4.78, 5) is 27.2. The SMILES string of the molecule is Cc1cccc(NC(=O)c2cc3c([nH]c2=O)CCCC3)c1. The van der Waals surface area contributed by atoms with Gasteiger partial charge in [-0.3, -0.25) is 9.59 Å². The van der Waals surface area contributed by atoms with Crippen LogP contribution in [-0.2, 0) is 12.8 Å². The third kappa shape index (κ3) is 2.89. The molecule has 0 unspecified atom stereocenters. The highest BCUT2D eigenvalue weighted by Crippen LogP contribution is 2.19. The fourth-order valence-electron chi connectivity index (χ4n) is 2.76. The molecule has 108 valence electrons. The predicted octanol–water partition coefficient (Wildman–Crippen LogP) is 2.81. The first-order valence-electron chi connectivity index (χ1n) is 7.26. The van der Waals surface area contributed by atoms with Crippen LogP contribution in [-0.4, -0.2) is 10.9 Å². The summed E-state index contributed by atoms with van der Waals surface area (Å²) < 4.78 is 0. The van der Waals surface area contributed by atoms with E-state index in [-0.39, 0.29) is 17.0 Å². The van der Waals surface area contributed by atoms with Gasteiger partial charge in [0.15, 0.2) is 0 Å². The molecule has 1 heterocycles. The summed E-state index contributed by atoms with van der Waals surface area (Å²) in [5.41, 5.74) is 3.73. The summed E-state index contributed by atoms with van der Waals surface area (Å²) in [5.74, 6) is -0.352. The molecule has 0 saturated carbocycles. The Morgan fingerprint density at radius 1 is 1.19 bits per heavy atom. The summed E-state index contributed by atoms with van der Waals surface area (Å²) in [5, 5.41) is 2.79. The Labute approximate surface area is 123 Å². The molecule has 1 aromatic carbocycles. The van der Waals surface area contributed by atoms with Gasteiger partial charge in [0.1, 0.15) is 5.56 Å². The third-order valence-corrected chi connectivity index (χ3v) is 3.86. The quantitative estimate of drug-likeness (QED) is 0.889. The Kier molecular flexibility index (Phi) is 3.60.